The van der Waals surface area contributed by atoms with Crippen molar-refractivity contribution in [3.05, 3.63) is 52.9 Å². The number of rotatable bonds is 6. The van der Waals surface area contributed by atoms with E-state index in [1.807, 2.05) is 12.1 Å². The largest absolute Gasteiger partial charge is 0.493 e. The summed E-state index contributed by atoms with van der Waals surface area (Å²) in [5.41, 5.74) is 1.18. The Balaban J connectivity index is 1.63. The van der Waals surface area contributed by atoms with Crippen LogP contribution in [-0.2, 0) is 0 Å². The van der Waals surface area contributed by atoms with E-state index in [4.69, 9.17) is 30.3 Å². The number of carbonyl (C=O) groups excluding carboxylic acids is 1. The van der Waals surface area contributed by atoms with Crippen LogP contribution in [0.3, 0.4) is 0 Å². The zero-order chi connectivity index (χ0) is 22.0. The van der Waals surface area contributed by atoms with Crippen LogP contribution in [0.5, 0.6) is 17.2 Å². The highest BCUT2D eigenvalue weighted by molar-refractivity contribution is 6.30. The highest BCUT2D eigenvalue weighted by atomic mass is 35.5. The molecule has 0 aliphatic carbocycles. The number of ether oxygens (including phenoxy) is 3. The molecule has 1 fully saturated rings. The number of nitrogens with zero attached hydrogens (tertiary/aromatic N) is 3. The van der Waals surface area contributed by atoms with Crippen molar-refractivity contribution in [3.8, 4) is 28.6 Å². The molecule has 2 aromatic carbocycles. The summed E-state index contributed by atoms with van der Waals surface area (Å²) in [6.45, 7) is 0.578. The molecule has 0 spiro atoms. The van der Waals surface area contributed by atoms with Gasteiger partial charge < -0.3 is 23.6 Å². The Morgan fingerprint density at radius 2 is 1.87 bits per heavy atom. The van der Waals surface area contributed by atoms with Gasteiger partial charge in [0, 0.05) is 22.7 Å². The molecular weight excluding hydrogens is 422 g/mol. The van der Waals surface area contributed by atoms with Gasteiger partial charge >= 0.3 is 0 Å². The van der Waals surface area contributed by atoms with E-state index in [1.54, 1.807) is 29.2 Å². The average molecular weight is 444 g/mol. The van der Waals surface area contributed by atoms with Crippen LogP contribution in [0.25, 0.3) is 11.4 Å². The molecule has 0 unspecified atom stereocenters. The van der Waals surface area contributed by atoms with E-state index < -0.39 is 0 Å². The van der Waals surface area contributed by atoms with Crippen molar-refractivity contribution < 1.29 is 23.5 Å². The van der Waals surface area contributed by atoms with Crippen molar-refractivity contribution in [2.45, 2.75) is 18.9 Å². The van der Waals surface area contributed by atoms with Crippen LogP contribution in [-0.4, -0.2) is 48.8 Å². The Morgan fingerprint density at radius 3 is 2.52 bits per heavy atom. The van der Waals surface area contributed by atoms with Gasteiger partial charge in [0.15, 0.2) is 11.5 Å². The monoisotopic (exact) mass is 443 g/mol. The minimum atomic E-state index is -0.313. The Bertz CT molecular complexity index is 1080. The van der Waals surface area contributed by atoms with Crippen LogP contribution >= 0.6 is 11.6 Å². The van der Waals surface area contributed by atoms with Gasteiger partial charge in [-0.15, -0.1) is 0 Å². The molecule has 1 aliphatic rings. The number of hydrogen-bond acceptors (Lipinski definition) is 7. The van der Waals surface area contributed by atoms with E-state index in [1.165, 1.54) is 21.3 Å². The zero-order valence-electron chi connectivity index (χ0n) is 17.4. The first-order valence-electron chi connectivity index (χ1n) is 9.76. The van der Waals surface area contributed by atoms with Gasteiger partial charge in [0.25, 0.3) is 5.91 Å². The maximum absolute atomic E-state index is 13.4. The number of halogens is 1. The fourth-order valence-corrected chi connectivity index (χ4v) is 3.94. The maximum Gasteiger partial charge on any atom is 0.254 e. The minimum Gasteiger partial charge on any atom is -0.493 e. The van der Waals surface area contributed by atoms with Gasteiger partial charge in [-0.2, -0.15) is 4.98 Å². The predicted molar refractivity (Wildman–Crippen MR) is 114 cm³/mol. The van der Waals surface area contributed by atoms with Crippen LogP contribution < -0.4 is 14.2 Å². The van der Waals surface area contributed by atoms with Crippen molar-refractivity contribution >= 4 is 17.5 Å². The molecular formula is C22H22ClN3O5. The van der Waals surface area contributed by atoms with E-state index in [0.717, 1.165) is 18.4 Å². The summed E-state index contributed by atoms with van der Waals surface area (Å²) in [5.74, 6) is 1.92. The fourth-order valence-electron chi connectivity index (χ4n) is 3.75. The summed E-state index contributed by atoms with van der Waals surface area (Å²) in [5, 5.41) is 4.66. The zero-order valence-corrected chi connectivity index (χ0v) is 18.2. The third kappa shape index (κ3) is 4.03. The molecule has 3 aromatic rings. The van der Waals surface area contributed by atoms with Gasteiger partial charge in [0.2, 0.25) is 17.5 Å². The molecule has 8 nitrogen and oxygen atoms in total. The average Bonchev–Trinajstić information content (AvgIpc) is 3.47. The highest BCUT2D eigenvalue weighted by Gasteiger charge is 2.35. The molecule has 162 valence electrons. The third-order valence-electron chi connectivity index (χ3n) is 5.23. The topological polar surface area (TPSA) is 86.9 Å². The number of hydrogen-bond donors (Lipinski definition) is 0. The molecule has 1 aromatic heterocycles. The summed E-state index contributed by atoms with van der Waals surface area (Å²) < 4.78 is 21.6. The molecule has 1 atom stereocenters. The number of aromatic nitrogens is 2. The van der Waals surface area contributed by atoms with Gasteiger partial charge in [0.05, 0.1) is 21.3 Å². The van der Waals surface area contributed by atoms with Gasteiger partial charge in [-0.3, -0.25) is 4.79 Å². The van der Waals surface area contributed by atoms with Crippen LogP contribution in [0.1, 0.15) is 35.1 Å². The number of likely N-dealkylation sites (tertiary alicyclic amines) is 1. The number of carbonyl (C=O) groups is 1. The molecule has 0 N–H and O–H groups in total. The Hall–Kier alpha value is -3.26. The highest BCUT2D eigenvalue weighted by Crippen LogP contribution is 2.40. The van der Waals surface area contributed by atoms with Crippen molar-refractivity contribution in [2.75, 3.05) is 27.9 Å². The lowest BCUT2D eigenvalue weighted by Crippen LogP contribution is -2.30. The summed E-state index contributed by atoms with van der Waals surface area (Å²) >= 11 is 6.06. The summed E-state index contributed by atoms with van der Waals surface area (Å²) in [6, 6.07) is 10.2. The lowest BCUT2D eigenvalue weighted by molar-refractivity contribution is 0.0709. The Labute approximate surface area is 184 Å². The van der Waals surface area contributed by atoms with Crippen molar-refractivity contribution in [3.63, 3.8) is 0 Å². The molecule has 0 bridgehead atoms. The molecule has 9 heteroatoms. The Kier molecular flexibility index (Phi) is 5.99. The van der Waals surface area contributed by atoms with Gasteiger partial charge in [-0.25, -0.2) is 0 Å². The molecule has 0 radical (unpaired) electrons. The quantitative estimate of drug-likeness (QED) is 0.558. The second kappa shape index (κ2) is 8.85. The van der Waals surface area contributed by atoms with Crippen molar-refractivity contribution in [1.29, 1.82) is 0 Å². The molecule has 2 heterocycles. The van der Waals surface area contributed by atoms with Crippen LogP contribution in [0, 0.1) is 0 Å². The molecule has 1 amide bonds. The molecule has 4 rings (SSSR count). The number of methoxy groups -OCH3 is 3. The second-order valence-corrected chi connectivity index (χ2v) is 7.47. The van der Waals surface area contributed by atoms with Crippen molar-refractivity contribution in [1.82, 2.24) is 15.0 Å². The lowest BCUT2D eigenvalue weighted by Gasteiger charge is -2.23. The van der Waals surface area contributed by atoms with Gasteiger partial charge in [0.1, 0.15) is 6.04 Å². The summed E-state index contributed by atoms with van der Waals surface area (Å²) in [4.78, 5) is 19.6. The predicted octanol–water partition coefficient (Wildman–Crippen LogP) is 4.39. The lowest BCUT2D eigenvalue weighted by atomic mass is 10.1. The molecule has 1 saturated heterocycles. The van der Waals surface area contributed by atoms with E-state index in [2.05, 4.69) is 10.1 Å². The first-order chi connectivity index (χ1) is 15.0. The second-order valence-electron chi connectivity index (χ2n) is 7.04. The van der Waals surface area contributed by atoms with E-state index in [0.29, 0.717) is 46.1 Å². The fraction of sp³-hybridized carbons (Fsp3) is 0.318. The van der Waals surface area contributed by atoms with Crippen LogP contribution in [0.4, 0.5) is 0 Å². The standard InChI is InChI=1S/C22H22ClN3O5/c1-28-17-11-14(12-18(29-2)19(17)30-3)22(27)26-9-5-8-16(26)21-24-20(25-31-21)13-6-4-7-15(23)10-13/h4,6-7,10-12,16H,5,8-9H2,1-3H3/t16-/m1/s1. The number of benzene rings is 2. The van der Waals surface area contributed by atoms with Crippen LogP contribution in [0.15, 0.2) is 40.9 Å². The maximum atomic E-state index is 13.4. The normalized spacial score (nSPS) is 15.7. The van der Waals surface area contributed by atoms with Crippen molar-refractivity contribution in [2.24, 2.45) is 0 Å². The van der Waals surface area contributed by atoms with Crippen LogP contribution in [0.2, 0.25) is 5.02 Å². The van der Waals surface area contributed by atoms with Gasteiger partial charge in [-0.1, -0.05) is 28.9 Å². The smallest absolute Gasteiger partial charge is 0.254 e. The van der Waals surface area contributed by atoms with E-state index in [-0.39, 0.29) is 11.9 Å². The Morgan fingerprint density at radius 1 is 1.13 bits per heavy atom. The number of amides is 1. The SMILES string of the molecule is COc1cc(C(=O)N2CCC[C@@H]2c2nc(-c3cccc(Cl)c3)no2)cc(OC)c1OC. The minimum absolute atomic E-state index is 0.177. The van der Waals surface area contributed by atoms with E-state index in [9.17, 15) is 4.79 Å². The molecule has 31 heavy (non-hydrogen) atoms. The summed E-state index contributed by atoms with van der Waals surface area (Å²) in [6.07, 6.45) is 1.56. The summed E-state index contributed by atoms with van der Waals surface area (Å²) in [7, 11) is 4.55. The molecule has 1 aliphatic heterocycles. The third-order valence-corrected chi connectivity index (χ3v) is 5.47. The first kappa shape index (κ1) is 21.0. The van der Waals surface area contributed by atoms with Gasteiger partial charge in [-0.05, 0) is 37.1 Å². The molecule has 0 saturated carbocycles. The first-order valence-corrected chi connectivity index (χ1v) is 10.1. The van der Waals surface area contributed by atoms with E-state index >= 15 is 0 Å².